The molecule has 3 rings (SSSR count). The van der Waals surface area contributed by atoms with Crippen molar-refractivity contribution in [3.05, 3.63) is 56.7 Å². The zero-order valence-corrected chi connectivity index (χ0v) is 13.1. The summed E-state index contributed by atoms with van der Waals surface area (Å²) in [5.41, 5.74) is 1.12. The lowest BCUT2D eigenvalue weighted by molar-refractivity contribution is 0.728. The third-order valence-corrected chi connectivity index (χ3v) is 5.06. The number of aromatic nitrogens is 2. The van der Waals surface area contributed by atoms with Gasteiger partial charge in [0.2, 0.25) is 0 Å². The van der Waals surface area contributed by atoms with Crippen molar-refractivity contribution in [2.24, 2.45) is 7.05 Å². The lowest BCUT2D eigenvalue weighted by atomic mass is 10.2. The summed E-state index contributed by atoms with van der Waals surface area (Å²) in [5.74, 6) is 0.734. The minimum atomic E-state index is 0.00449. The number of thioether (sulfide) groups is 1. The van der Waals surface area contributed by atoms with Gasteiger partial charge in [-0.2, -0.15) is 0 Å². The summed E-state index contributed by atoms with van der Waals surface area (Å²) in [4.78, 5) is 17.5. The Kier molecular flexibility index (Phi) is 3.83. The quantitative estimate of drug-likeness (QED) is 0.541. The topological polar surface area (TPSA) is 34.9 Å². The number of benzene rings is 1. The van der Waals surface area contributed by atoms with Crippen LogP contribution < -0.4 is 5.56 Å². The van der Waals surface area contributed by atoms with Crippen molar-refractivity contribution in [3.8, 4) is 0 Å². The molecule has 0 aliphatic heterocycles. The SMILES string of the molecule is Cn1c(SCc2cccc(Cl)c2)nc2sccc2c1=O. The first-order chi connectivity index (χ1) is 9.65. The molecule has 0 saturated heterocycles. The molecule has 0 atom stereocenters. The van der Waals surface area contributed by atoms with Gasteiger partial charge in [0.15, 0.2) is 5.16 Å². The van der Waals surface area contributed by atoms with Crippen LogP contribution in [0.15, 0.2) is 45.7 Å². The normalized spacial score (nSPS) is 11.1. The van der Waals surface area contributed by atoms with Gasteiger partial charge in [-0.15, -0.1) is 11.3 Å². The van der Waals surface area contributed by atoms with Gasteiger partial charge in [-0.1, -0.05) is 35.5 Å². The predicted molar refractivity (Wildman–Crippen MR) is 85.9 cm³/mol. The van der Waals surface area contributed by atoms with Crippen LogP contribution in [0, 0.1) is 0 Å². The first kappa shape index (κ1) is 13.7. The molecular formula is C14H11ClN2OS2. The fourth-order valence-corrected chi connectivity index (χ4v) is 3.82. The number of fused-ring (bicyclic) bond motifs is 1. The number of hydrogen-bond acceptors (Lipinski definition) is 4. The number of halogens is 1. The predicted octanol–water partition coefficient (Wildman–Crippen LogP) is 3.94. The average Bonchev–Trinajstić information content (AvgIpc) is 2.90. The van der Waals surface area contributed by atoms with E-state index in [1.807, 2.05) is 35.7 Å². The van der Waals surface area contributed by atoms with Gasteiger partial charge in [-0.25, -0.2) is 4.98 Å². The van der Waals surface area contributed by atoms with Gasteiger partial charge in [0, 0.05) is 17.8 Å². The van der Waals surface area contributed by atoms with E-state index in [-0.39, 0.29) is 5.56 Å². The largest absolute Gasteiger partial charge is 0.290 e. The maximum atomic E-state index is 12.2. The fraction of sp³-hybridized carbons (Fsp3) is 0.143. The summed E-state index contributed by atoms with van der Waals surface area (Å²) in [6.07, 6.45) is 0. The van der Waals surface area contributed by atoms with Gasteiger partial charge < -0.3 is 0 Å². The molecule has 0 fully saturated rings. The van der Waals surface area contributed by atoms with Crippen LogP contribution in [-0.4, -0.2) is 9.55 Å². The highest BCUT2D eigenvalue weighted by molar-refractivity contribution is 7.98. The first-order valence-corrected chi connectivity index (χ1v) is 8.21. The maximum Gasteiger partial charge on any atom is 0.262 e. The molecule has 3 nitrogen and oxygen atoms in total. The summed E-state index contributed by atoms with van der Waals surface area (Å²) >= 11 is 9.00. The monoisotopic (exact) mass is 322 g/mol. The van der Waals surface area contributed by atoms with E-state index < -0.39 is 0 Å². The molecule has 0 radical (unpaired) electrons. The van der Waals surface area contributed by atoms with Crippen molar-refractivity contribution in [1.29, 1.82) is 0 Å². The molecule has 2 aromatic heterocycles. The molecule has 0 spiro atoms. The van der Waals surface area contributed by atoms with Crippen molar-refractivity contribution in [2.45, 2.75) is 10.9 Å². The van der Waals surface area contributed by atoms with E-state index in [0.717, 1.165) is 26.3 Å². The summed E-state index contributed by atoms with van der Waals surface area (Å²) in [6, 6.07) is 9.53. The first-order valence-electron chi connectivity index (χ1n) is 5.96. The smallest absolute Gasteiger partial charge is 0.262 e. The molecule has 0 amide bonds. The van der Waals surface area contributed by atoms with E-state index in [0.29, 0.717) is 5.39 Å². The summed E-state index contributed by atoms with van der Waals surface area (Å²) in [5, 5.41) is 4.03. The van der Waals surface area contributed by atoms with E-state index in [9.17, 15) is 4.79 Å². The van der Waals surface area contributed by atoms with Crippen molar-refractivity contribution in [1.82, 2.24) is 9.55 Å². The van der Waals surface area contributed by atoms with Crippen LogP contribution in [0.2, 0.25) is 5.02 Å². The molecule has 0 unspecified atom stereocenters. The third kappa shape index (κ3) is 2.61. The molecule has 0 aliphatic carbocycles. The van der Waals surface area contributed by atoms with Crippen LogP contribution in [0.3, 0.4) is 0 Å². The third-order valence-electron chi connectivity index (χ3n) is 2.92. The Hall–Kier alpha value is -1.30. The van der Waals surface area contributed by atoms with Gasteiger partial charge in [-0.05, 0) is 29.1 Å². The zero-order valence-electron chi connectivity index (χ0n) is 10.7. The Bertz CT molecular complexity index is 825. The summed E-state index contributed by atoms with van der Waals surface area (Å²) < 4.78 is 1.60. The van der Waals surface area contributed by atoms with Crippen molar-refractivity contribution in [2.75, 3.05) is 0 Å². The van der Waals surface area contributed by atoms with Crippen LogP contribution in [0.1, 0.15) is 5.56 Å². The molecule has 3 aromatic rings. The highest BCUT2D eigenvalue weighted by atomic mass is 35.5. The van der Waals surface area contributed by atoms with Crippen LogP contribution in [0.25, 0.3) is 10.2 Å². The molecule has 1 aromatic carbocycles. The summed E-state index contributed by atoms with van der Waals surface area (Å²) in [6.45, 7) is 0. The molecule has 6 heteroatoms. The fourth-order valence-electron chi connectivity index (χ4n) is 1.88. The van der Waals surface area contributed by atoms with Crippen molar-refractivity contribution >= 4 is 44.9 Å². The number of rotatable bonds is 3. The minimum absolute atomic E-state index is 0.00449. The lowest BCUT2D eigenvalue weighted by Crippen LogP contribution is -2.19. The number of nitrogens with zero attached hydrogens (tertiary/aromatic N) is 2. The second kappa shape index (κ2) is 5.60. The van der Waals surface area contributed by atoms with Gasteiger partial charge in [-0.3, -0.25) is 9.36 Å². The zero-order chi connectivity index (χ0) is 14.1. The van der Waals surface area contributed by atoms with E-state index in [4.69, 9.17) is 11.6 Å². The Balaban J connectivity index is 1.91. The Labute approximate surface area is 129 Å². The van der Waals surface area contributed by atoms with Crippen LogP contribution >= 0.6 is 34.7 Å². The second-order valence-corrected chi connectivity index (χ2v) is 6.59. The van der Waals surface area contributed by atoms with E-state index in [2.05, 4.69) is 4.98 Å². The Morgan fingerprint density at radius 1 is 1.40 bits per heavy atom. The maximum absolute atomic E-state index is 12.2. The van der Waals surface area contributed by atoms with Gasteiger partial charge in [0.25, 0.3) is 5.56 Å². The molecular weight excluding hydrogens is 312 g/mol. The molecule has 102 valence electrons. The van der Waals surface area contributed by atoms with Crippen LogP contribution in [-0.2, 0) is 12.8 Å². The Morgan fingerprint density at radius 2 is 2.25 bits per heavy atom. The molecule has 0 saturated carbocycles. The van der Waals surface area contributed by atoms with Crippen molar-refractivity contribution in [3.63, 3.8) is 0 Å². The van der Waals surface area contributed by atoms with Crippen molar-refractivity contribution < 1.29 is 0 Å². The van der Waals surface area contributed by atoms with Gasteiger partial charge in [0.05, 0.1) is 5.39 Å². The van der Waals surface area contributed by atoms with E-state index >= 15 is 0 Å². The standard InChI is InChI=1S/C14H11ClN2OS2/c1-17-13(18)11-5-6-19-12(11)16-14(17)20-8-9-3-2-4-10(15)7-9/h2-7H,8H2,1H3. The second-order valence-electron chi connectivity index (χ2n) is 4.32. The van der Waals surface area contributed by atoms with E-state index in [1.165, 1.54) is 11.3 Å². The number of hydrogen-bond donors (Lipinski definition) is 0. The van der Waals surface area contributed by atoms with Gasteiger partial charge >= 0.3 is 0 Å². The molecule has 0 N–H and O–H groups in total. The van der Waals surface area contributed by atoms with Gasteiger partial charge in [0.1, 0.15) is 4.83 Å². The average molecular weight is 323 g/mol. The van der Waals surface area contributed by atoms with E-state index in [1.54, 1.807) is 23.4 Å². The highest BCUT2D eigenvalue weighted by Crippen LogP contribution is 2.24. The Morgan fingerprint density at radius 3 is 3.05 bits per heavy atom. The minimum Gasteiger partial charge on any atom is -0.290 e. The number of thiophene rings is 1. The molecule has 0 bridgehead atoms. The van der Waals surface area contributed by atoms with Crippen LogP contribution in [0.5, 0.6) is 0 Å². The van der Waals surface area contributed by atoms with Crippen LogP contribution in [0.4, 0.5) is 0 Å². The molecule has 0 aliphatic rings. The molecule has 2 heterocycles. The lowest BCUT2D eigenvalue weighted by Gasteiger charge is -2.07. The molecule has 20 heavy (non-hydrogen) atoms. The summed E-state index contributed by atoms with van der Waals surface area (Å²) in [7, 11) is 1.76. The highest BCUT2D eigenvalue weighted by Gasteiger charge is 2.09.